The molecular weight excluding hydrogens is 260 g/mol. The molecule has 0 heterocycles. The molecule has 2 heteroatoms. The fourth-order valence-corrected chi connectivity index (χ4v) is 2.52. The maximum absolute atomic E-state index is 11.5. The van der Waals surface area contributed by atoms with Crippen LogP contribution in [0.5, 0.6) is 0 Å². The van der Waals surface area contributed by atoms with Gasteiger partial charge < -0.3 is 4.74 Å². The summed E-state index contributed by atoms with van der Waals surface area (Å²) in [5.74, 6) is 0.369. The lowest BCUT2D eigenvalue weighted by atomic mass is 9.96. The highest BCUT2D eigenvalue weighted by Crippen LogP contribution is 2.25. The van der Waals surface area contributed by atoms with E-state index in [9.17, 15) is 4.79 Å². The molecule has 0 radical (unpaired) electrons. The van der Waals surface area contributed by atoms with E-state index in [1.165, 1.54) is 18.2 Å². The number of ether oxygens (including phenoxy) is 1. The van der Waals surface area contributed by atoms with E-state index in [-0.39, 0.29) is 5.97 Å². The minimum absolute atomic E-state index is 0.295. The molecule has 2 aromatic carbocycles. The molecule has 2 aromatic rings. The van der Waals surface area contributed by atoms with Crippen molar-refractivity contribution in [2.24, 2.45) is 5.92 Å². The van der Waals surface area contributed by atoms with Gasteiger partial charge in [0.05, 0.1) is 12.7 Å². The Morgan fingerprint density at radius 2 is 1.76 bits per heavy atom. The standard InChI is InChI=1S/C19H22O2/c1-13(2)11-15-5-7-16(8-6-15)18-10-9-17(12-14(18)3)19(20)21-4/h5-10,12-13H,11H2,1-4H3. The number of hydrogen-bond acceptors (Lipinski definition) is 2. The van der Waals surface area contributed by atoms with Crippen LogP contribution in [0.3, 0.4) is 0 Å². The quantitative estimate of drug-likeness (QED) is 0.763. The summed E-state index contributed by atoms with van der Waals surface area (Å²) in [5, 5.41) is 0. The Hall–Kier alpha value is -2.09. The van der Waals surface area contributed by atoms with Gasteiger partial charge in [0.25, 0.3) is 0 Å². The van der Waals surface area contributed by atoms with E-state index >= 15 is 0 Å². The number of esters is 1. The molecule has 0 unspecified atom stereocenters. The summed E-state index contributed by atoms with van der Waals surface area (Å²) in [6.45, 7) is 6.47. The zero-order valence-electron chi connectivity index (χ0n) is 13.1. The minimum Gasteiger partial charge on any atom is -0.465 e. The Morgan fingerprint density at radius 3 is 2.29 bits per heavy atom. The fourth-order valence-electron chi connectivity index (χ4n) is 2.52. The zero-order chi connectivity index (χ0) is 15.4. The molecule has 0 aliphatic rings. The Bertz CT molecular complexity index is 625. The summed E-state index contributed by atoms with van der Waals surface area (Å²) in [6, 6.07) is 14.3. The van der Waals surface area contributed by atoms with Crippen molar-refractivity contribution in [2.45, 2.75) is 27.2 Å². The van der Waals surface area contributed by atoms with Gasteiger partial charge in [-0.25, -0.2) is 4.79 Å². The largest absolute Gasteiger partial charge is 0.465 e. The number of methoxy groups -OCH3 is 1. The maximum Gasteiger partial charge on any atom is 0.337 e. The molecule has 2 rings (SSSR count). The van der Waals surface area contributed by atoms with Crippen LogP contribution >= 0.6 is 0 Å². The monoisotopic (exact) mass is 282 g/mol. The van der Waals surface area contributed by atoms with Crippen LogP contribution in [0.2, 0.25) is 0 Å². The number of benzene rings is 2. The molecule has 0 fully saturated rings. The molecule has 0 aliphatic carbocycles. The Kier molecular flexibility index (Phi) is 4.79. The zero-order valence-corrected chi connectivity index (χ0v) is 13.1. The van der Waals surface area contributed by atoms with E-state index < -0.39 is 0 Å². The second-order valence-electron chi connectivity index (χ2n) is 5.82. The van der Waals surface area contributed by atoms with Crippen LogP contribution in [-0.2, 0) is 11.2 Å². The number of aryl methyl sites for hydroxylation is 1. The summed E-state index contributed by atoms with van der Waals surface area (Å²) in [4.78, 5) is 11.5. The second kappa shape index (κ2) is 6.57. The first kappa shape index (κ1) is 15.3. The Balaban J connectivity index is 2.27. The van der Waals surface area contributed by atoms with E-state index in [1.807, 2.05) is 25.1 Å². The third kappa shape index (κ3) is 3.72. The van der Waals surface area contributed by atoms with Crippen molar-refractivity contribution < 1.29 is 9.53 Å². The third-order valence-electron chi connectivity index (χ3n) is 3.56. The first-order valence-corrected chi connectivity index (χ1v) is 7.29. The van der Waals surface area contributed by atoms with Crippen molar-refractivity contribution in [1.82, 2.24) is 0 Å². The highest BCUT2D eigenvalue weighted by molar-refractivity contribution is 5.90. The molecule has 0 aliphatic heterocycles. The van der Waals surface area contributed by atoms with Crippen LogP contribution in [0.15, 0.2) is 42.5 Å². The minimum atomic E-state index is -0.295. The van der Waals surface area contributed by atoms with Gasteiger partial charge in [-0.1, -0.05) is 44.2 Å². The number of hydrogen-bond donors (Lipinski definition) is 0. The molecule has 110 valence electrons. The van der Waals surface area contributed by atoms with Gasteiger partial charge in [-0.15, -0.1) is 0 Å². The molecule has 0 spiro atoms. The van der Waals surface area contributed by atoms with Gasteiger partial charge in [0, 0.05) is 0 Å². The van der Waals surface area contributed by atoms with E-state index in [0.717, 1.165) is 17.5 Å². The highest BCUT2D eigenvalue weighted by Gasteiger charge is 2.09. The average molecular weight is 282 g/mol. The molecule has 0 N–H and O–H groups in total. The van der Waals surface area contributed by atoms with E-state index in [1.54, 1.807) is 0 Å². The molecule has 0 atom stereocenters. The lowest BCUT2D eigenvalue weighted by Crippen LogP contribution is -2.01. The first-order chi connectivity index (χ1) is 10.0. The Labute approximate surface area is 126 Å². The van der Waals surface area contributed by atoms with E-state index in [4.69, 9.17) is 4.74 Å². The molecule has 0 saturated carbocycles. The lowest BCUT2D eigenvalue weighted by Gasteiger charge is -2.10. The fraction of sp³-hybridized carbons (Fsp3) is 0.316. The van der Waals surface area contributed by atoms with Crippen LogP contribution < -0.4 is 0 Å². The average Bonchev–Trinajstić information content (AvgIpc) is 2.47. The maximum atomic E-state index is 11.5. The van der Waals surface area contributed by atoms with Gasteiger partial charge in [-0.05, 0) is 53.6 Å². The number of carbonyl (C=O) groups is 1. The molecular formula is C19H22O2. The van der Waals surface area contributed by atoms with Crippen molar-refractivity contribution in [3.8, 4) is 11.1 Å². The van der Waals surface area contributed by atoms with Crippen molar-refractivity contribution in [3.63, 3.8) is 0 Å². The van der Waals surface area contributed by atoms with Crippen molar-refractivity contribution in [2.75, 3.05) is 7.11 Å². The third-order valence-corrected chi connectivity index (χ3v) is 3.56. The smallest absolute Gasteiger partial charge is 0.337 e. The van der Waals surface area contributed by atoms with Crippen LogP contribution in [0.1, 0.15) is 35.3 Å². The summed E-state index contributed by atoms with van der Waals surface area (Å²) in [5.41, 5.74) is 5.36. The molecule has 0 amide bonds. The molecule has 2 nitrogen and oxygen atoms in total. The van der Waals surface area contributed by atoms with Gasteiger partial charge in [0.15, 0.2) is 0 Å². The summed E-state index contributed by atoms with van der Waals surface area (Å²) in [7, 11) is 1.40. The second-order valence-corrected chi connectivity index (χ2v) is 5.82. The molecule has 0 saturated heterocycles. The van der Waals surface area contributed by atoms with Crippen molar-refractivity contribution >= 4 is 5.97 Å². The van der Waals surface area contributed by atoms with Crippen molar-refractivity contribution in [3.05, 3.63) is 59.2 Å². The topological polar surface area (TPSA) is 26.3 Å². The van der Waals surface area contributed by atoms with Gasteiger partial charge in [-0.3, -0.25) is 0 Å². The number of rotatable bonds is 4. The Morgan fingerprint density at radius 1 is 1.10 bits per heavy atom. The van der Waals surface area contributed by atoms with Gasteiger partial charge in [0.2, 0.25) is 0 Å². The highest BCUT2D eigenvalue weighted by atomic mass is 16.5. The number of carbonyl (C=O) groups excluding carboxylic acids is 1. The lowest BCUT2D eigenvalue weighted by molar-refractivity contribution is 0.0600. The summed E-state index contributed by atoms with van der Waals surface area (Å²) < 4.78 is 4.75. The predicted molar refractivity (Wildman–Crippen MR) is 86.5 cm³/mol. The molecule has 0 bridgehead atoms. The van der Waals surface area contributed by atoms with Crippen LogP contribution in [-0.4, -0.2) is 13.1 Å². The summed E-state index contributed by atoms with van der Waals surface area (Å²) >= 11 is 0. The van der Waals surface area contributed by atoms with Crippen LogP contribution in [0, 0.1) is 12.8 Å². The van der Waals surface area contributed by atoms with Gasteiger partial charge in [0.1, 0.15) is 0 Å². The van der Waals surface area contributed by atoms with Crippen LogP contribution in [0.25, 0.3) is 11.1 Å². The SMILES string of the molecule is COC(=O)c1ccc(-c2ccc(CC(C)C)cc2)c(C)c1. The molecule has 21 heavy (non-hydrogen) atoms. The van der Waals surface area contributed by atoms with Gasteiger partial charge >= 0.3 is 5.97 Å². The summed E-state index contributed by atoms with van der Waals surface area (Å²) in [6.07, 6.45) is 1.10. The first-order valence-electron chi connectivity index (χ1n) is 7.29. The van der Waals surface area contributed by atoms with Crippen molar-refractivity contribution in [1.29, 1.82) is 0 Å². The van der Waals surface area contributed by atoms with Crippen LogP contribution in [0.4, 0.5) is 0 Å². The normalized spacial score (nSPS) is 10.7. The molecule has 0 aromatic heterocycles. The predicted octanol–water partition coefficient (Wildman–Crippen LogP) is 4.65. The van der Waals surface area contributed by atoms with E-state index in [0.29, 0.717) is 11.5 Å². The van der Waals surface area contributed by atoms with Gasteiger partial charge in [-0.2, -0.15) is 0 Å². The van der Waals surface area contributed by atoms with E-state index in [2.05, 4.69) is 38.1 Å².